The molecule has 1 atom stereocenters. The molecule has 1 aromatic rings. The summed E-state index contributed by atoms with van der Waals surface area (Å²) in [5, 5.41) is 0. The molecule has 1 aliphatic heterocycles. The Kier molecular flexibility index (Phi) is 4.81. The van der Waals surface area contributed by atoms with Gasteiger partial charge in [0.15, 0.2) is 0 Å². The second kappa shape index (κ2) is 6.38. The van der Waals surface area contributed by atoms with Crippen molar-refractivity contribution in [2.75, 3.05) is 13.1 Å². The van der Waals surface area contributed by atoms with Crippen LogP contribution in [0.15, 0.2) is 42.5 Å². The van der Waals surface area contributed by atoms with Gasteiger partial charge in [0, 0.05) is 19.6 Å². The predicted molar refractivity (Wildman–Crippen MR) is 83.0 cm³/mol. The van der Waals surface area contributed by atoms with E-state index in [0.29, 0.717) is 5.41 Å². The summed E-state index contributed by atoms with van der Waals surface area (Å²) in [6, 6.07) is 10.8. The van der Waals surface area contributed by atoms with Gasteiger partial charge in [-0.25, -0.2) is 0 Å². The highest BCUT2D eigenvalue weighted by atomic mass is 15.1. The first kappa shape index (κ1) is 14.3. The number of nitrogens with zero attached hydrogens (tertiary/aromatic N) is 1. The summed E-state index contributed by atoms with van der Waals surface area (Å²) in [7, 11) is 0. The van der Waals surface area contributed by atoms with Crippen molar-refractivity contribution in [2.24, 2.45) is 11.3 Å². The van der Waals surface area contributed by atoms with E-state index in [0.717, 1.165) is 19.0 Å². The third-order valence-electron chi connectivity index (χ3n) is 3.78. The molecule has 0 spiro atoms. The van der Waals surface area contributed by atoms with Gasteiger partial charge in [0.05, 0.1) is 0 Å². The lowest BCUT2D eigenvalue weighted by Crippen LogP contribution is -2.32. The van der Waals surface area contributed by atoms with E-state index in [2.05, 4.69) is 68.2 Å². The monoisotopic (exact) mass is 257 g/mol. The van der Waals surface area contributed by atoms with Gasteiger partial charge < -0.3 is 0 Å². The summed E-state index contributed by atoms with van der Waals surface area (Å²) < 4.78 is 0. The molecule has 0 unspecified atom stereocenters. The molecule has 19 heavy (non-hydrogen) atoms. The minimum atomic E-state index is 0.454. The number of rotatable bonds is 4. The SMILES string of the molecule is CC(C)(C)CC[C@@H]1C=CCN(Cc2ccccc2)C1. The molecule has 1 aliphatic rings. The first-order valence-corrected chi connectivity index (χ1v) is 7.46. The smallest absolute Gasteiger partial charge is 0.0237 e. The van der Waals surface area contributed by atoms with Crippen LogP contribution >= 0.6 is 0 Å². The largest absolute Gasteiger partial charge is 0.295 e. The standard InChI is InChI=1S/C18H27N/c1-18(2,3)12-11-17-10-7-13-19(15-17)14-16-8-5-4-6-9-16/h4-10,17H,11-15H2,1-3H3/t17-/m0/s1. The molecule has 1 aromatic carbocycles. The van der Waals surface area contributed by atoms with Gasteiger partial charge in [-0.15, -0.1) is 0 Å². The van der Waals surface area contributed by atoms with E-state index in [1.54, 1.807) is 0 Å². The van der Waals surface area contributed by atoms with Crippen LogP contribution in [-0.2, 0) is 6.54 Å². The van der Waals surface area contributed by atoms with E-state index < -0.39 is 0 Å². The molecule has 1 nitrogen and oxygen atoms in total. The second-order valence-electron chi connectivity index (χ2n) is 6.97. The lowest BCUT2D eigenvalue weighted by Gasteiger charge is -2.30. The van der Waals surface area contributed by atoms with Crippen LogP contribution < -0.4 is 0 Å². The number of hydrogen-bond donors (Lipinski definition) is 0. The topological polar surface area (TPSA) is 3.24 Å². The zero-order chi connectivity index (χ0) is 13.7. The summed E-state index contributed by atoms with van der Waals surface area (Å²) in [4.78, 5) is 2.56. The minimum Gasteiger partial charge on any atom is -0.295 e. The summed E-state index contributed by atoms with van der Waals surface area (Å²) in [6.45, 7) is 10.4. The van der Waals surface area contributed by atoms with Crippen molar-refractivity contribution in [1.29, 1.82) is 0 Å². The number of hydrogen-bond acceptors (Lipinski definition) is 1. The molecule has 0 aromatic heterocycles. The highest BCUT2D eigenvalue weighted by Gasteiger charge is 2.18. The van der Waals surface area contributed by atoms with Crippen LogP contribution in [-0.4, -0.2) is 18.0 Å². The molecule has 104 valence electrons. The fourth-order valence-electron chi connectivity index (χ4n) is 2.65. The fraction of sp³-hybridized carbons (Fsp3) is 0.556. The lowest BCUT2D eigenvalue weighted by molar-refractivity contribution is 0.230. The van der Waals surface area contributed by atoms with Crippen LogP contribution in [0.2, 0.25) is 0 Å². The Labute approximate surface area is 118 Å². The van der Waals surface area contributed by atoms with Crippen LogP contribution in [0.1, 0.15) is 39.2 Å². The fourth-order valence-corrected chi connectivity index (χ4v) is 2.65. The molecular weight excluding hydrogens is 230 g/mol. The maximum atomic E-state index is 2.56. The Morgan fingerprint density at radius 1 is 1.16 bits per heavy atom. The van der Waals surface area contributed by atoms with E-state index >= 15 is 0 Å². The molecule has 1 heterocycles. The van der Waals surface area contributed by atoms with Gasteiger partial charge in [-0.3, -0.25) is 4.90 Å². The molecule has 0 amide bonds. The Hall–Kier alpha value is -1.08. The first-order valence-electron chi connectivity index (χ1n) is 7.46. The zero-order valence-electron chi connectivity index (χ0n) is 12.6. The highest BCUT2D eigenvalue weighted by molar-refractivity contribution is 5.15. The maximum Gasteiger partial charge on any atom is 0.0237 e. The molecule has 0 bridgehead atoms. The first-order chi connectivity index (χ1) is 9.03. The van der Waals surface area contributed by atoms with Crippen LogP contribution in [0.5, 0.6) is 0 Å². The average Bonchev–Trinajstić information content (AvgIpc) is 2.37. The van der Waals surface area contributed by atoms with Crippen LogP contribution in [0.3, 0.4) is 0 Å². The Balaban J connectivity index is 1.84. The van der Waals surface area contributed by atoms with Crippen molar-refractivity contribution in [2.45, 2.75) is 40.2 Å². The van der Waals surface area contributed by atoms with E-state index in [1.807, 2.05) is 0 Å². The van der Waals surface area contributed by atoms with Gasteiger partial charge in [-0.2, -0.15) is 0 Å². The van der Waals surface area contributed by atoms with Crippen molar-refractivity contribution in [3.05, 3.63) is 48.0 Å². The van der Waals surface area contributed by atoms with E-state index in [4.69, 9.17) is 0 Å². The maximum absolute atomic E-state index is 2.56. The van der Waals surface area contributed by atoms with Crippen molar-refractivity contribution >= 4 is 0 Å². The highest BCUT2D eigenvalue weighted by Crippen LogP contribution is 2.26. The number of benzene rings is 1. The molecule has 0 saturated carbocycles. The second-order valence-corrected chi connectivity index (χ2v) is 6.97. The summed E-state index contributed by atoms with van der Waals surface area (Å²) >= 11 is 0. The van der Waals surface area contributed by atoms with Gasteiger partial charge in [-0.05, 0) is 29.7 Å². The summed E-state index contributed by atoms with van der Waals surface area (Å²) in [6.07, 6.45) is 7.39. The summed E-state index contributed by atoms with van der Waals surface area (Å²) in [5.74, 6) is 0.733. The normalized spacial score (nSPS) is 20.7. The predicted octanol–water partition coefficient (Wildman–Crippen LogP) is 4.50. The third kappa shape index (κ3) is 5.20. The van der Waals surface area contributed by atoms with E-state index in [-0.39, 0.29) is 0 Å². The van der Waals surface area contributed by atoms with Crippen molar-refractivity contribution < 1.29 is 0 Å². The lowest BCUT2D eigenvalue weighted by atomic mass is 9.86. The van der Waals surface area contributed by atoms with Gasteiger partial charge >= 0.3 is 0 Å². The zero-order valence-corrected chi connectivity index (χ0v) is 12.6. The van der Waals surface area contributed by atoms with Gasteiger partial charge in [0.2, 0.25) is 0 Å². The van der Waals surface area contributed by atoms with Gasteiger partial charge in [-0.1, -0.05) is 63.3 Å². The molecule has 0 aliphatic carbocycles. The van der Waals surface area contributed by atoms with E-state index in [1.165, 1.54) is 24.9 Å². The molecule has 0 saturated heterocycles. The molecule has 2 rings (SSSR count). The van der Waals surface area contributed by atoms with Crippen LogP contribution in [0.25, 0.3) is 0 Å². The van der Waals surface area contributed by atoms with Gasteiger partial charge in [0.25, 0.3) is 0 Å². The average molecular weight is 257 g/mol. The van der Waals surface area contributed by atoms with Crippen molar-refractivity contribution in [3.8, 4) is 0 Å². The molecular formula is C18H27N. The molecule has 0 fully saturated rings. The summed E-state index contributed by atoms with van der Waals surface area (Å²) in [5.41, 5.74) is 1.88. The van der Waals surface area contributed by atoms with Crippen molar-refractivity contribution in [3.63, 3.8) is 0 Å². The van der Waals surface area contributed by atoms with Crippen molar-refractivity contribution in [1.82, 2.24) is 4.90 Å². The van der Waals surface area contributed by atoms with Crippen LogP contribution in [0, 0.1) is 11.3 Å². The van der Waals surface area contributed by atoms with Gasteiger partial charge in [0.1, 0.15) is 0 Å². The minimum absolute atomic E-state index is 0.454. The quantitative estimate of drug-likeness (QED) is 0.718. The molecule has 0 N–H and O–H groups in total. The molecule has 0 radical (unpaired) electrons. The molecule has 1 heteroatoms. The third-order valence-corrected chi connectivity index (χ3v) is 3.78. The van der Waals surface area contributed by atoms with E-state index in [9.17, 15) is 0 Å². The van der Waals surface area contributed by atoms with Crippen LogP contribution in [0.4, 0.5) is 0 Å². The Morgan fingerprint density at radius 2 is 1.89 bits per heavy atom. The Morgan fingerprint density at radius 3 is 2.58 bits per heavy atom. The Bertz CT molecular complexity index is 399.